The minimum absolute atomic E-state index is 0.0809. The highest BCUT2D eigenvalue weighted by atomic mass is 35.5. The molecule has 0 heterocycles. The van der Waals surface area contributed by atoms with E-state index in [4.69, 9.17) is 16.3 Å². The number of sulfonamides is 1. The summed E-state index contributed by atoms with van der Waals surface area (Å²) in [6, 6.07) is 17.0. The molecule has 3 aromatic rings. The molecule has 0 bridgehead atoms. The summed E-state index contributed by atoms with van der Waals surface area (Å²) < 4.78 is 33.4. The summed E-state index contributed by atoms with van der Waals surface area (Å²) >= 11 is 6.04. The maximum atomic E-state index is 13.6. The number of nitrogens with one attached hydrogen (secondary N) is 1. The molecule has 178 valence electrons. The van der Waals surface area contributed by atoms with Gasteiger partial charge in [0.25, 0.3) is 5.69 Å². The number of anilines is 1. The van der Waals surface area contributed by atoms with Crippen LogP contribution in [0.25, 0.3) is 0 Å². The zero-order valence-corrected chi connectivity index (χ0v) is 20.0. The van der Waals surface area contributed by atoms with Gasteiger partial charge in [-0.05, 0) is 36.2 Å². The van der Waals surface area contributed by atoms with E-state index in [0.717, 1.165) is 4.31 Å². The first-order valence-electron chi connectivity index (χ1n) is 10.0. The van der Waals surface area contributed by atoms with E-state index in [-0.39, 0.29) is 33.6 Å². The second kappa shape index (κ2) is 10.6. The quantitative estimate of drug-likeness (QED) is 0.341. The molecule has 11 heteroatoms. The molecule has 0 spiro atoms. The molecule has 3 aromatic carbocycles. The van der Waals surface area contributed by atoms with Crippen molar-refractivity contribution in [2.24, 2.45) is 0 Å². The summed E-state index contributed by atoms with van der Waals surface area (Å²) in [5.41, 5.74) is 1.27. The lowest BCUT2D eigenvalue weighted by atomic mass is 10.2. The monoisotopic (exact) mass is 503 g/mol. The molecule has 34 heavy (non-hydrogen) atoms. The summed E-state index contributed by atoms with van der Waals surface area (Å²) in [6.07, 6.45) is 0. The third-order valence-corrected chi connectivity index (χ3v) is 7.02. The van der Waals surface area contributed by atoms with E-state index in [2.05, 4.69) is 5.32 Å². The molecular weight excluding hydrogens is 482 g/mol. The van der Waals surface area contributed by atoms with Crippen LogP contribution in [0.4, 0.5) is 11.4 Å². The van der Waals surface area contributed by atoms with Crippen molar-refractivity contribution in [1.29, 1.82) is 0 Å². The van der Waals surface area contributed by atoms with Gasteiger partial charge in [-0.15, -0.1) is 0 Å². The van der Waals surface area contributed by atoms with Crippen molar-refractivity contribution in [3.8, 4) is 5.75 Å². The Morgan fingerprint density at radius 3 is 2.47 bits per heavy atom. The Balaban J connectivity index is 1.96. The van der Waals surface area contributed by atoms with Crippen LogP contribution in [0, 0.1) is 17.0 Å². The standard InChI is InChI=1S/C23H22ClN3O6S/c1-16-8-10-19(27(29)30)13-20(16)25-23(28)15-26(14-17-6-4-3-5-7-17)34(31,32)22-12-18(24)9-11-21(22)33-2/h3-13H,14-15H2,1-2H3,(H,25,28). The Hall–Kier alpha value is -3.47. The van der Waals surface area contributed by atoms with Gasteiger partial charge in [-0.1, -0.05) is 48.0 Å². The summed E-state index contributed by atoms with van der Waals surface area (Å²) in [5.74, 6) is -0.582. The van der Waals surface area contributed by atoms with Gasteiger partial charge in [-0.3, -0.25) is 14.9 Å². The van der Waals surface area contributed by atoms with Crippen molar-refractivity contribution >= 4 is 38.9 Å². The SMILES string of the molecule is COc1ccc(Cl)cc1S(=O)(=O)N(CC(=O)Nc1cc([N+](=O)[O-])ccc1C)Cc1ccccc1. The molecule has 0 fully saturated rings. The lowest BCUT2D eigenvalue weighted by Gasteiger charge is -2.23. The molecule has 1 N–H and O–H groups in total. The number of aryl methyl sites for hydroxylation is 1. The molecule has 0 saturated heterocycles. The molecule has 0 atom stereocenters. The molecule has 0 aliphatic heterocycles. The molecular formula is C23H22ClN3O6S. The normalized spacial score (nSPS) is 11.3. The smallest absolute Gasteiger partial charge is 0.271 e. The number of hydrogen-bond acceptors (Lipinski definition) is 6. The summed E-state index contributed by atoms with van der Waals surface area (Å²) in [6.45, 7) is 1.03. The number of methoxy groups -OCH3 is 1. The van der Waals surface area contributed by atoms with Crippen LogP contribution < -0.4 is 10.1 Å². The lowest BCUT2D eigenvalue weighted by Crippen LogP contribution is -2.37. The average Bonchev–Trinajstić information content (AvgIpc) is 2.80. The number of non-ortho nitro benzene ring substituents is 1. The third kappa shape index (κ3) is 5.90. The molecule has 0 unspecified atom stereocenters. The van der Waals surface area contributed by atoms with Crippen LogP contribution in [0.15, 0.2) is 71.6 Å². The number of rotatable bonds is 9. The minimum atomic E-state index is -4.23. The number of nitrogens with zero attached hydrogens (tertiary/aromatic N) is 2. The Labute approximate surface area is 202 Å². The van der Waals surface area contributed by atoms with E-state index >= 15 is 0 Å². The fourth-order valence-corrected chi connectivity index (χ4v) is 5.01. The number of ether oxygens (including phenoxy) is 1. The van der Waals surface area contributed by atoms with Crippen molar-refractivity contribution in [1.82, 2.24) is 4.31 Å². The number of halogens is 1. The highest BCUT2D eigenvalue weighted by molar-refractivity contribution is 7.89. The number of amides is 1. The third-order valence-electron chi connectivity index (χ3n) is 4.97. The Kier molecular flexibility index (Phi) is 7.87. The van der Waals surface area contributed by atoms with Gasteiger partial charge in [0.2, 0.25) is 15.9 Å². The van der Waals surface area contributed by atoms with Gasteiger partial charge < -0.3 is 10.1 Å². The van der Waals surface area contributed by atoms with Gasteiger partial charge >= 0.3 is 0 Å². The molecule has 0 radical (unpaired) electrons. The van der Waals surface area contributed by atoms with Gasteiger partial charge in [0.1, 0.15) is 10.6 Å². The maximum Gasteiger partial charge on any atom is 0.271 e. The number of hydrogen-bond donors (Lipinski definition) is 1. The highest BCUT2D eigenvalue weighted by Crippen LogP contribution is 2.30. The van der Waals surface area contributed by atoms with Crippen LogP contribution in [-0.4, -0.2) is 37.2 Å². The fraction of sp³-hybridized carbons (Fsp3) is 0.174. The second-order valence-corrected chi connectivity index (χ2v) is 9.70. The zero-order chi connectivity index (χ0) is 24.9. The van der Waals surface area contributed by atoms with Crippen molar-refractivity contribution in [3.05, 3.63) is 93.0 Å². The predicted octanol–water partition coefficient (Wildman–Crippen LogP) is 4.39. The van der Waals surface area contributed by atoms with Crippen molar-refractivity contribution in [2.45, 2.75) is 18.4 Å². The van der Waals surface area contributed by atoms with E-state index in [1.54, 1.807) is 37.3 Å². The van der Waals surface area contributed by atoms with Crippen molar-refractivity contribution in [2.75, 3.05) is 19.0 Å². The number of nitro groups is 1. The first-order chi connectivity index (χ1) is 16.1. The minimum Gasteiger partial charge on any atom is -0.495 e. The summed E-state index contributed by atoms with van der Waals surface area (Å²) in [7, 11) is -2.89. The Bertz CT molecular complexity index is 1320. The molecule has 0 aliphatic rings. The number of nitro benzene ring substituents is 1. The van der Waals surface area contributed by atoms with Crippen LogP contribution in [0.1, 0.15) is 11.1 Å². The molecule has 9 nitrogen and oxygen atoms in total. The second-order valence-electron chi connectivity index (χ2n) is 7.36. The van der Waals surface area contributed by atoms with Crippen LogP contribution in [-0.2, 0) is 21.4 Å². The lowest BCUT2D eigenvalue weighted by molar-refractivity contribution is -0.384. The van der Waals surface area contributed by atoms with Gasteiger partial charge in [-0.25, -0.2) is 8.42 Å². The molecule has 0 aliphatic carbocycles. The zero-order valence-electron chi connectivity index (χ0n) is 18.4. The predicted molar refractivity (Wildman–Crippen MR) is 129 cm³/mol. The van der Waals surface area contributed by atoms with E-state index in [9.17, 15) is 23.3 Å². The first-order valence-corrected chi connectivity index (χ1v) is 11.9. The number of benzene rings is 3. The molecule has 0 aromatic heterocycles. The van der Waals surface area contributed by atoms with Crippen LogP contribution >= 0.6 is 11.6 Å². The van der Waals surface area contributed by atoms with Gasteiger partial charge in [-0.2, -0.15) is 4.31 Å². The van der Waals surface area contributed by atoms with Crippen LogP contribution in [0.2, 0.25) is 5.02 Å². The van der Waals surface area contributed by atoms with Gasteiger partial charge in [0.05, 0.1) is 24.3 Å². The highest BCUT2D eigenvalue weighted by Gasteiger charge is 2.30. The average molecular weight is 504 g/mol. The first kappa shape index (κ1) is 25.2. The number of carbonyl (C=O) groups excluding carboxylic acids is 1. The van der Waals surface area contributed by atoms with E-state index in [0.29, 0.717) is 11.1 Å². The molecule has 3 rings (SSSR count). The van der Waals surface area contributed by atoms with Gasteiger partial charge in [0, 0.05) is 23.7 Å². The topological polar surface area (TPSA) is 119 Å². The van der Waals surface area contributed by atoms with E-state index < -0.39 is 27.4 Å². The van der Waals surface area contributed by atoms with Crippen LogP contribution in [0.5, 0.6) is 5.75 Å². The Morgan fingerprint density at radius 1 is 1.12 bits per heavy atom. The summed E-state index contributed by atoms with van der Waals surface area (Å²) in [5, 5.41) is 13.9. The van der Waals surface area contributed by atoms with Crippen molar-refractivity contribution in [3.63, 3.8) is 0 Å². The number of carbonyl (C=O) groups is 1. The maximum absolute atomic E-state index is 13.6. The largest absolute Gasteiger partial charge is 0.495 e. The summed E-state index contributed by atoms with van der Waals surface area (Å²) in [4.78, 5) is 23.2. The fourth-order valence-electron chi connectivity index (χ4n) is 3.21. The van der Waals surface area contributed by atoms with Crippen LogP contribution in [0.3, 0.4) is 0 Å². The van der Waals surface area contributed by atoms with E-state index in [1.165, 1.54) is 43.5 Å². The Morgan fingerprint density at radius 2 is 1.82 bits per heavy atom. The van der Waals surface area contributed by atoms with E-state index in [1.807, 2.05) is 0 Å². The van der Waals surface area contributed by atoms with Gasteiger partial charge in [0.15, 0.2) is 0 Å². The molecule has 0 saturated carbocycles. The van der Waals surface area contributed by atoms with Crippen molar-refractivity contribution < 1.29 is 22.9 Å². The molecule has 1 amide bonds.